The lowest BCUT2D eigenvalue weighted by atomic mass is 10.1. The Morgan fingerprint density at radius 1 is 1.52 bits per heavy atom. The number of aromatic nitrogens is 2. The molecule has 7 heteroatoms. The van der Waals surface area contributed by atoms with Crippen molar-refractivity contribution in [2.75, 3.05) is 0 Å². The molecule has 1 unspecified atom stereocenters. The third-order valence-electron chi connectivity index (χ3n) is 4.15. The Morgan fingerprint density at radius 2 is 2.24 bits per heavy atom. The molecule has 1 saturated carbocycles. The van der Waals surface area contributed by atoms with Crippen molar-refractivity contribution in [2.24, 2.45) is 7.05 Å². The van der Waals surface area contributed by atoms with Crippen LogP contribution in [0.4, 0.5) is 0 Å². The van der Waals surface area contributed by atoms with Crippen molar-refractivity contribution in [1.82, 2.24) is 20.0 Å². The van der Waals surface area contributed by atoms with E-state index in [1.54, 1.807) is 17.8 Å². The highest BCUT2D eigenvalue weighted by molar-refractivity contribution is 6.30. The van der Waals surface area contributed by atoms with E-state index in [2.05, 4.69) is 10.4 Å². The van der Waals surface area contributed by atoms with Gasteiger partial charge in [0.15, 0.2) is 0 Å². The maximum absolute atomic E-state index is 12.3. The Morgan fingerprint density at radius 3 is 2.76 bits per heavy atom. The van der Waals surface area contributed by atoms with Crippen LogP contribution < -0.4 is 5.32 Å². The van der Waals surface area contributed by atoms with E-state index >= 15 is 0 Å². The molecule has 3 rings (SSSR count). The van der Waals surface area contributed by atoms with Gasteiger partial charge in [-0.05, 0) is 25.8 Å². The summed E-state index contributed by atoms with van der Waals surface area (Å²) in [6.45, 7) is 1.63. The van der Waals surface area contributed by atoms with Gasteiger partial charge < -0.3 is 10.2 Å². The summed E-state index contributed by atoms with van der Waals surface area (Å²) in [6.07, 6.45) is 4.10. The number of carbonyl (C=O) groups excluding carboxylic acids is 2. The predicted octanol–water partition coefficient (Wildman–Crippen LogP) is 0.968. The first-order valence-corrected chi connectivity index (χ1v) is 7.66. The lowest BCUT2D eigenvalue weighted by molar-refractivity contribution is -0.129. The Hall–Kier alpha value is -1.56. The Kier molecular flexibility index (Phi) is 3.65. The molecule has 2 fully saturated rings. The van der Waals surface area contributed by atoms with Crippen molar-refractivity contribution in [1.29, 1.82) is 0 Å². The highest BCUT2D eigenvalue weighted by Gasteiger charge is 2.48. The van der Waals surface area contributed by atoms with Gasteiger partial charge in [-0.15, -0.1) is 11.6 Å². The maximum atomic E-state index is 12.3. The fourth-order valence-electron chi connectivity index (χ4n) is 2.99. The lowest BCUT2D eigenvalue weighted by Crippen LogP contribution is -2.43. The highest BCUT2D eigenvalue weighted by Crippen LogP contribution is 2.41. The third-order valence-corrected chi connectivity index (χ3v) is 4.35. The van der Waals surface area contributed by atoms with Gasteiger partial charge >= 0.3 is 0 Å². The van der Waals surface area contributed by atoms with Crippen molar-refractivity contribution in [3.63, 3.8) is 0 Å². The van der Waals surface area contributed by atoms with E-state index in [4.69, 9.17) is 11.6 Å². The number of halogens is 1. The van der Waals surface area contributed by atoms with E-state index in [1.807, 2.05) is 18.0 Å². The first-order valence-electron chi connectivity index (χ1n) is 7.22. The van der Waals surface area contributed by atoms with Crippen LogP contribution in [0, 0.1) is 0 Å². The number of alkyl halides is 1. The molecule has 2 heterocycles. The van der Waals surface area contributed by atoms with Crippen LogP contribution in [0.5, 0.6) is 0 Å². The molecule has 114 valence electrons. The summed E-state index contributed by atoms with van der Waals surface area (Å²) in [5.41, 5.74) is 0.945. The van der Waals surface area contributed by atoms with Crippen LogP contribution in [0.1, 0.15) is 37.9 Å². The second-order valence-electron chi connectivity index (χ2n) is 5.79. The number of hydrogen-bond acceptors (Lipinski definition) is 3. The Labute approximate surface area is 128 Å². The summed E-state index contributed by atoms with van der Waals surface area (Å²) < 4.78 is 1.77. The number of nitrogens with zero attached hydrogens (tertiary/aromatic N) is 3. The molecule has 0 radical (unpaired) electrons. The van der Waals surface area contributed by atoms with Gasteiger partial charge in [-0.1, -0.05) is 0 Å². The molecular formula is C14H19ClN4O2. The number of hydrogen-bond donors (Lipinski definition) is 1. The zero-order chi connectivity index (χ0) is 15.1. The molecular weight excluding hydrogens is 292 g/mol. The smallest absolute Gasteiger partial charge is 0.238 e. The Bertz CT molecular complexity index is 567. The lowest BCUT2D eigenvalue weighted by Gasteiger charge is -2.29. The Balaban J connectivity index is 1.89. The molecule has 1 aromatic rings. The monoisotopic (exact) mass is 310 g/mol. The normalized spacial score (nSPS) is 27.0. The summed E-state index contributed by atoms with van der Waals surface area (Å²) in [6, 6.07) is 1.80. The largest absolute Gasteiger partial charge is 0.349 e. The van der Waals surface area contributed by atoms with Crippen molar-refractivity contribution in [2.45, 2.75) is 49.7 Å². The first-order chi connectivity index (χ1) is 9.99. The molecule has 0 spiro atoms. The third kappa shape index (κ3) is 2.64. The SMILES string of the molecule is CC(Cl)C(=O)N[C@@H]1CC(=O)N(C2CC2)[C@H]1c1ccnn1C. The second-order valence-corrected chi connectivity index (χ2v) is 6.45. The van der Waals surface area contributed by atoms with Gasteiger partial charge in [-0.25, -0.2) is 0 Å². The van der Waals surface area contributed by atoms with Crippen molar-refractivity contribution in [3.8, 4) is 0 Å². The zero-order valence-electron chi connectivity index (χ0n) is 12.1. The van der Waals surface area contributed by atoms with Crippen molar-refractivity contribution >= 4 is 23.4 Å². The van der Waals surface area contributed by atoms with Gasteiger partial charge in [0.05, 0.1) is 17.8 Å². The molecule has 0 bridgehead atoms. The average molecular weight is 311 g/mol. The van der Waals surface area contributed by atoms with Crippen LogP contribution in [0.2, 0.25) is 0 Å². The van der Waals surface area contributed by atoms with E-state index < -0.39 is 5.38 Å². The minimum atomic E-state index is -0.609. The molecule has 21 heavy (non-hydrogen) atoms. The first kappa shape index (κ1) is 14.4. The van der Waals surface area contributed by atoms with E-state index in [9.17, 15) is 9.59 Å². The van der Waals surface area contributed by atoms with E-state index in [0.717, 1.165) is 18.5 Å². The van der Waals surface area contributed by atoms with Crippen LogP contribution >= 0.6 is 11.6 Å². The van der Waals surface area contributed by atoms with Crippen LogP contribution in [-0.2, 0) is 16.6 Å². The summed E-state index contributed by atoms with van der Waals surface area (Å²) in [5.74, 6) is -0.143. The number of aryl methyl sites for hydroxylation is 1. The zero-order valence-corrected chi connectivity index (χ0v) is 12.9. The molecule has 3 atom stereocenters. The molecule has 1 N–H and O–H groups in total. The second kappa shape index (κ2) is 5.33. The van der Waals surface area contributed by atoms with Crippen LogP contribution in [-0.4, -0.2) is 44.0 Å². The molecule has 2 aliphatic rings. The van der Waals surface area contributed by atoms with Crippen LogP contribution in [0.25, 0.3) is 0 Å². The minimum absolute atomic E-state index is 0.0937. The van der Waals surface area contributed by atoms with Crippen molar-refractivity contribution < 1.29 is 9.59 Å². The number of nitrogens with one attached hydrogen (secondary N) is 1. The number of rotatable bonds is 4. The molecule has 1 saturated heterocycles. The summed E-state index contributed by atoms with van der Waals surface area (Å²) in [7, 11) is 1.85. The van der Waals surface area contributed by atoms with Gasteiger partial charge in [0.2, 0.25) is 11.8 Å². The van der Waals surface area contributed by atoms with Gasteiger partial charge in [-0.3, -0.25) is 14.3 Å². The van der Waals surface area contributed by atoms with E-state index in [0.29, 0.717) is 12.5 Å². The molecule has 1 aliphatic carbocycles. The number of carbonyl (C=O) groups is 2. The summed E-state index contributed by atoms with van der Waals surface area (Å²) >= 11 is 5.83. The van der Waals surface area contributed by atoms with Gasteiger partial charge in [0.25, 0.3) is 0 Å². The van der Waals surface area contributed by atoms with Gasteiger partial charge in [0.1, 0.15) is 5.38 Å². The average Bonchev–Trinajstić information content (AvgIpc) is 3.09. The van der Waals surface area contributed by atoms with Crippen molar-refractivity contribution in [3.05, 3.63) is 18.0 Å². The highest BCUT2D eigenvalue weighted by atomic mass is 35.5. The molecule has 1 aliphatic heterocycles. The minimum Gasteiger partial charge on any atom is -0.349 e. The standard InChI is InChI=1S/C14H19ClN4O2/c1-8(15)14(21)17-10-7-12(20)19(9-3-4-9)13(10)11-5-6-16-18(11)2/h5-6,8-10,13H,3-4,7H2,1-2H3,(H,17,21)/t8?,10-,13-/m1/s1. The fourth-order valence-corrected chi connectivity index (χ4v) is 3.05. The predicted molar refractivity (Wildman–Crippen MR) is 77.7 cm³/mol. The summed E-state index contributed by atoms with van der Waals surface area (Å²) in [4.78, 5) is 26.2. The number of likely N-dealkylation sites (tertiary alicyclic amines) is 1. The number of amides is 2. The van der Waals surface area contributed by atoms with Crippen LogP contribution in [0.3, 0.4) is 0 Å². The summed E-state index contributed by atoms with van der Waals surface area (Å²) in [5, 5.41) is 6.49. The van der Waals surface area contributed by atoms with Crippen LogP contribution in [0.15, 0.2) is 12.3 Å². The quantitative estimate of drug-likeness (QED) is 0.843. The topological polar surface area (TPSA) is 67.2 Å². The fraction of sp³-hybridized carbons (Fsp3) is 0.643. The molecule has 0 aromatic carbocycles. The maximum Gasteiger partial charge on any atom is 0.238 e. The molecule has 2 amide bonds. The van der Waals surface area contributed by atoms with Gasteiger partial charge in [0, 0.05) is 25.7 Å². The van der Waals surface area contributed by atoms with E-state index in [1.165, 1.54) is 0 Å². The molecule has 6 nitrogen and oxygen atoms in total. The van der Waals surface area contributed by atoms with Gasteiger partial charge in [-0.2, -0.15) is 5.10 Å². The van der Waals surface area contributed by atoms with E-state index in [-0.39, 0.29) is 23.9 Å². The molecule has 1 aromatic heterocycles.